The van der Waals surface area contributed by atoms with Gasteiger partial charge in [0, 0.05) is 12.3 Å². The van der Waals surface area contributed by atoms with Crippen molar-refractivity contribution in [2.24, 2.45) is 0 Å². The van der Waals surface area contributed by atoms with E-state index in [-0.39, 0.29) is 12.5 Å². The van der Waals surface area contributed by atoms with Crippen LogP contribution in [-0.2, 0) is 9.84 Å². The summed E-state index contributed by atoms with van der Waals surface area (Å²) in [5.74, 6) is -0.358. The summed E-state index contributed by atoms with van der Waals surface area (Å²) in [5.41, 5.74) is 0. The van der Waals surface area contributed by atoms with E-state index in [0.717, 1.165) is 4.57 Å². The molecule has 0 aromatic carbocycles. The summed E-state index contributed by atoms with van der Waals surface area (Å²) in [7, 11) is 0. The lowest BCUT2D eigenvalue weighted by molar-refractivity contribution is 0.149. The standard InChI is InChI=1S/C7H8NO3/c1-2-11-7(10)8-5-3-4-6(8)9/h3-5H,2H2,1H3. The van der Waals surface area contributed by atoms with Crippen LogP contribution in [-0.4, -0.2) is 17.3 Å². The lowest BCUT2D eigenvalue weighted by atomic mass is 10.7. The Hall–Kier alpha value is -1.45. The summed E-state index contributed by atoms with van der Waals surface area (Å²) in [6.45, 7) is 1.96. The zero-order chi connectivity index (χ0) is 8.27. The Morgan fingerprint density at radius 1 is 1.73 bits per heavy atom. The Morgan fingerprint density at radius 3 is 2.91 bits per heavy atom. The van der Waals surface area contributed by atoms with Crippen LogP contribution in [0.1, 0.15) is 6.92 Å². The van der Waals surface area contributed by atoms with E-state index in [4.69, 9.17) is 0 Å². The SMILES string of the molecule is CCOC(=O)n1cccc1[O]. The molecule has 1 aromatic heterocycles. The fraction of sp³-hybridized carbons (Fsp3) is 0.286. The van der Waals surface area contributed by atoms with Crippen LogP contribution in [0.15, 0.2) is 18.3 Å². The van der Waals surface area contributed by atoms with Gasteiger partial charge in [-0.05, 0) is 13.0 Å². The molecule has 0 N–H and O–H groups in total. The Kier molecular flexibility index (Phi) is 2.15. The maximum absolute atomic E-state index is 10.9. The number of ether oxygens (including phenoxy) is 1. The van der Waals surface area contributed by atoms with Crippen LogP contribution in [0.5, 0.6) is 5.88 Å². The van der Waals surface area contributed by atoms with Crippen molar-refractivity contribution in [1.29, 1.82) is 0 Å². The van der Waals surface area contributed by atoms with E-state index >= 15 is 0 Å². The molecule has 0 saturated heterocycles. The topological polar surface area (TPSA) is 51.1 Å². The molecule has 0 aliphatic carbocycles. The van der Waals surface area contributed by atoms with Gasteiger partial charge in [-0.2, -0.15) is 0 Å². The largest absolute Gasteiger partial charge is 0.449 e. The molecule has 0 spiro atoms. The van der Waals surface area contributed by atoms with E-state index < -0.39 is 6.09 Å². The van der Waals surface area contributed by atoms with E-state index in [0.29, 0.717) is 0 Å². The molecule has 0 aliphatic heterocycles. The van der Waals surface area contributed by atoms with Gasteiger partial charge in [0.1, 0.15) is 0 Å². The first kappa shape index (κ1) is 7.65. The van der Waals surface area contributed by atoms with Crippen LogP contribution in [0.25, 0.3) is 0 Å². The second-order valence-corrected chi connectivity index (χ2v) is 1.92. The van der Waals surface area contributed by atoms with Crippen molar-refractivity contribution in [3.8, 4) is 5.88 Å². The molecule has 0 amide bonds. The molecular weight excluding hydrogens is 146 g/mol. The van der Waals surface area contributed by atoms with E-state index in [2.05, 4.69) is 4.74 Å². The van der Waals surface area contributed by atoms with Crippen molar-refractivity contribution in [3.05, 3.63) is 18.3 Å². The Labute approximate surface area is 64.0 Å². The molecular formula is C7H8NO3. The molecule has 59 valence electrons. The molecule has 1 radical (unpaired) electrons. The maximum atomic E-state index is 10.9. The zero-order valence-corrected chi connectivity index (χ0v) is 6.11. The third-order valence-electron chi connectivity index (χ3n) is 1.18. The minimum atomic E-state index is -0.623. The van der Waals surface area contributed by atoms with Crippen molar-refractivity contribution in [2.75, 3.05) is 6.61 Å². The van der Waals surface area contributed by atoms with Crippen molar-refractivity contribution in [3.63, 3.8) is 0 Å². The van der Waals surface area contributed by atoms with Crippen LogP contribution >= 0.6 is 0 Å². The molecule has 0 unspecified atom stereocenters. The summed E-state index contributed by atoms with van der Waals surface area (Å²) >= 11 is 0. The summed E-state index contributed by atoms with van der Waals surface area (Å²) < 4.78 is 5.51. The fourth-order valence-corrected chi connectivity index (χ4v) is 0.709. The quantitative estimate of drug-likeness (QED) is 0.617. The van der Waals surface area contributed by atoms with Crippen molar-refractivity contribution in [2.45, 2.75) is 6.92 Å². The smallest absolute Gasteiger partial charge is 0.420 e. The number of carbonyl (C=O) groups is 1. The van der Waals surface area contributed by atoms with Gasteiger partial charge in [-0.25, -0.2) is 9.36 Å². The average Bonchev–Trinajstić information content (AvgIpc) is 2.36. The van der Waals surface area contributed by atoms with Crippen molar-refractivity contribution < 1.29 is 14.6 Å². The van der Waals surface area contributed by atoms with Gasteiger partial charge < -0.3 is 4.74 Å². The highest BCUT2D eigenvalue weighted by Crippen LogP contribution is 2.10. The number of hydrogen-bond acceptors (Lipinski definition) is 2. The first-order valence-electron chi connectivity index (χ1n) is 3.27. The van der Waals surface area contributed by atoms with Crippen LogP contribution in [0.2, 0.25) is 0 Å². The summed E-state index contributed by atoms with van der Waals surface area (Å²) in [5, 5.41) is 10.8. The van der Waals surface area contributed by atoms with Gasteiger partial charge in [0.2, 0.25) is 0 Å². The van der Waals surface area contributed by atoms with Gasteiger partial charge in [0.25, 0.3) is 5.88 Å². The van der Waals surface area contributed by atoms with E-state index in [1.54, 1.807) is 6.92 Å². The van der Waals surface area contributed by atoms with Gasteiger partial charge in [0.15, 0.2) is 0 Å². The Morgan fingerprint density at radius 2 is 2.45 bits per heavy atom. The van der Waals surface area contributed by atoms with Crippen molar-refractivity contribution in [1.82, 2.24) is 4.57 Å². The van der Waals surface area contributed by atoms with Gasteiger partial charge >= 0.3 is 6.09 Å². The lowest BCUT2D eigenvalue weighted by Crippen LogP contribution is -2.11. The van der Waals surface area contributed by atoms with E-state index in [1.165, 1.54) is 18.3 Å². The average molecular weight is 154 g/mol. The monoisotopic (exact) mass is 154 g/mol. The molecule has 0 saturated carbocycles. The molecule has 1 rings (SSSR count). The third kappa shape index (κ3) is 1.52. The molecule has 4 nitrogen and oxygen atoms in total. The second-order valence-electron chi connectivity index (χ2n) is 1.92. The molecule has 11 heavy (non-hydrogen) atoms. The highest BCUT2D eigenvalue weighted by molar-refractivity contribution is 5.72. The van der Waals surface area contributed by atoms with Gasteiger partial charge in [-0.1, -0.05) is 0 Å². The van der Waals surface area contributed by atoms with Gasteiger partial charge in [0.05, 0.1) is 6.61 Å². The minimum Gasteiger partial charge on any atom is -0.449 e. The lowest BCUT2D eigenvalue weighted by Gasteiger charge is -2.00. The summed E-state index contributed by atoms with van der Waals surface area (Å²) in [6.07, 6.45) is 0.753. The fourth-order valence-electron chi connectivity index (χ4n) is 0.709. The van der Waals surface area contributed by atoms with Crippen molar-refractivity contribution >= 4 is 6.09 Å². The van der Waals surface area contributed by atoms with Crippen LogP contribution in [0, 0.1) is 0 Å². The molecule has 4 heteroatoms. The van der Waals surface area contributed by atoms with E-state index in [9.17, 15) is 9.90 Å². The first-order valence-corrected chi connectivity index (χ1v) is 3.27. The number of rotatable bonds is 1. The summed E-state index contributed by atoms with van der Waals surface area (Å²) in [6, 6.07) is 2.80. The normalized spacial score (nSPS) is 9.55. The molecule has 1 aromatic rings. The number of aromatic nitrogens is 1. The Bertz CT molecular complexity index is 254. The summed E-state index contributed by atoms with van der Waals surface area (Å²) in [4.78, 5) is 10.9. The van der Waals surface area contributed by atoms with Crippen LogP contribution in [0.3, 0.4) is 0 Å². The number of hydrogen-bond donors (Lipinski definition) is 0. The second kappa shape index (κ2) is 3.09. The molecule has 0 atom stereocenters. The number of carbonyl (C=O) groups excluding carboxylic acids is 1. The van der Waals surface area contributed by atoms with E-state index in [1.807, 2.05) is 0 Å². The molecule has 0 bridgehead atoms. The third-order valence-corrected chi connectivity index (χ3v) is 1.18. The van der Waals surface area contributed by atoms with Crippen LogP contribution in [0.4, 0.5) is 4.79 Å². The highest BCUT2D eigenvalue weighted by Gasteiger charge is 2.08. The highest BCUT2D eigenvalue weighted by atomic mass is 16.5. The first-order chi connectivity index (χ1) is 5.25. The zero-order valence-electron chi connectivity index (χ0n) is 6.11. The minimum absolute atomic E-state index is 0.274. The molecule has 0 fully saturated rings. The predicted octanol–water partition coefficient (Wildman–Crippen LogP) is 1.64. The predicted molar refractivity (Wildman–Crippen MR) is 37.0 cm³/mol. The van der Waals surface area contributed by atoms with Crippen LogP contribution < -0.4 is 0 Å². The Balaban J connectivity index is 2.76. The molecule has 0 aliphatic rings. The maximum Gasteiger partial charge on any atom is 0.420 e. The van der Waals surface area contributed by atoms with Gasteiger partial charge in [-0.15, -0.1) is 0 Å². The van der Waals surface area contributed by atoms with Gasteiger partial charge in [-0.3, -0.25) is 5.11 Å². The molecule has 1 heterocycles. The number of nitrogens with zero attached hydrogens (tertiary/aromatic N) is 1.